The number of anilines is 2. The second-order valence-corrected chi connectivity index (χ2v) is 6.89. The molecule has 0 saturated heterocycles. The van der Waals surface area contributed by atoms with Gasteiger partial charge < -0.3 is 5.32 Å². The first-order valence-electron chi connectivity index (χ1n) is 8.17. The van der Waals surface area contributed by atoms with Crippen molar-refractivity contribution in [3.05, 3.63) is 84.6 Å². The molecule has 0 saturated carbocycles. The van der Waals surface area contributed by atoms with E-state index in [9.17, 15) is 9.65 Å². The summed E-state index contributed by atoms with van der Waals surface area (Å²) in [5.74, 6) is -0.614. The van der Waals surface area contributed by atoms with Crippen LogP contribution in [0, 0.1) is 17.3 Å². The highest BCUT2D eigenvalue weighted by Crippen LogP contribution is 2.31. The zero-order valence-electron chi connectivity index (χ0n) is 14.1. The Morgan fingerprint density at radius 3 is 2.41 bits per heavy atom. The van der Waals surface area contributed by atoms with Gasteiger partial charge in [0.25, 0.3) is 0 Å². The number of halogens is 1. The van der Waals surface area contributed by atoms with E-state index in [-0.39, 0.29) is 0 Å². The molecule has 0 fully saturated rings. The quantitative estimate of drug-likeness (QED) is 0.477. The van der Waals surface area contributed by atoms with Crippen LogP contribution in [0.4, 0.5) is 15.8 Å². The predicted octanol–water partition coefficient (Wildman–Crippen LogP) is 5.54. The summed E-state index contributed by atoms with van der Waals surface area (Å²) in [6, 6.07) is 21.3. The third-order valence-corrected chi connectivity index (χ3v) is 4.96. The summed E-state index contributed by atoms with van der Waals surface area (Å²) in [6.07, 6.45) is 2.82. The van der Waals surface area contributed by atoms with Crippen LogP contribution < -0.4 is 5.32 Å². The molecule has 0 radical (unpaired) electrons. The maximum Gasteiger partial charge on any atom is 0.213 e. The van der Waals surface area contributed by atoms with Crippen molar-refractivity contribution in [1.82, 2.24) is 9.97 Å². The summed E-state index contributed by atoms with van der Waals surface area (Å²) in [6.45, 7) is 0. The maximum absolute atomic E-state index is 13.6. The van der Waals surface area contributed by atoms with Gasteiger partial charge in [-0.2, -0.15) is 9.65 Å². The van der Waals surface area contributed by atoms with E-state index in [1.165, 1.54) is 18.5 Å². The summed E-state index contributed by atoms with van der Waals surface area (Å²) in [7, 11) is 0. The highest BCUT2D eigenvalue weighted by atomic mass is 32.2. The Bertz CT molecular complexity index is 1140. The fourth-order valence-electron chi connectivity index (χ4n) is 2.66. The zero-order chi connectivity index (χ0) is 18.6. The van der Waals surface area contributed by atoms with Gasteiger partial charge in [0.05, 0.1) is 23.0 Å². The van der Waals surface area contributed by atoms with Crippen molar-refractivity contribution in [2.24, 2.45) is 0 Å². The van der Waals surface area contributed by atoms with Gasteiger partial charge in [-0.05, 0) is 36.4 Å². The lowest BCUT2D eigenvalue weighted by Crippen LogP contribution is -1.98. The first-order chi connectivity index (χ1) is 13.2. The van der Waals surface area contributed by atoms with Crippen molar-refractivity contribution >= 4 is 34.0 Å². The van der Waals surface area contributed by atoms with Crippen LogP contribution in [0.2, 0.25) is 0 Å². The molecular weight excluding hydrogens is 359 g/mol. The van der Waals surface area contributed by atoms with Gasteiger partial charge in [-0.1, -0.05) is 30.0 Å². The van der Waals surface area contributed by atoms with E-state index in [1.807, 2.05) is 42.5 Å². The number of pyridine rings is 2. The first kappa shape index (κ1) is 17.0. The fraction of sp³-hybridized carbons (Fsp3) is 0. The molecule has 4 nitrogen and oxygen atoms in total. The minimum Gasteiger partial charge on any atom is -0.354 e. The molecule has 0 aliphatic carbocycles. The second-order valence-electron chi connectivity index (χ2n) is 5.75. The number of benzene rings is 2. The van der Waals surface area contributed by atoms with Gasteiger partial charge in [0.15, 0.2) is 0 Å². The Kier molecular flexibility index (Phi) is 4.69. The maximum atomic E-state index is 13.6. The largest absolute Gasteiger partial charge is 0.354 e. The summed E-state index contributed by atoms with van der Waals surface area (Å²) >= 11 is 1.67. The third-order valence-electron chi connectivity index (χ3n) is 3.94. The van der Waals surface area contributed by atoms with E-state index in [0.29, 0.717) is 22.2 Å². The van der Waals surface area contributed by atoms with Gasteiger partial charge in [-0.3, -0.25) is 4.98 Å². The molecule has 4 aromatic rings. The van der Waals surface area contributed by atoms with E-state index in [2.05, 4.69) is 33.5 Å². The lowest BCUT2D eigenvalue weighted by atomic mass is 10.1. The van der Waals surface area contributed by atoms with Crippen LogP contribution >= 0.6 is 11.8 Å². The number of hydrogen-bond acceptors (Lipinski definition) is 5. The molecule has 0 amide bonds. The Labute approximate surface area is 159 Å². The second kappa shape index (κ2) is 7.44. The van der Waals surface area contributed by atoms with E-state index < -0.39 is 5.95 Å². The predicted molar refractivity (Wildman–Crippen MR) is 105 cm³/mol. The van der Waals surface area contributed by atoms with Crippen LogP contribution in [0.3, 0.4) is 0 Å². The molecule has 27 heavy (non-hydrogen) atoms. The van der Waals surface area contributed by atoms with Gasteiger partial charge in [-0.25, -0.2) is 4.98 Å². The molecule has 4 rings (SSSR count). The van der Waals surface area contributed by atoms with Gasteiger partial charge >= 0.3 is 0 Å². The van der Waals surface area contributed by atoms with Crippen molar-refractivity contribution in [3.8, 4) is 6.07 Å². The van der Waals surface area contributed by atoms with Crippen LogP contribution in [0.25, 0.3) is 10.9 Å². The highest BCUT2D eigenvalue weighted by molar-refractivity contribution is 7.99. The van der Waals surface area contributed by atoms with Crippen molar-refractivity contribution in [1.29, 1.82) is 5.26 Å². The number of nitriles is 1. The van der Waals surface area contributed by atoms with Crippen molar-refractivity contribution in [3.63, 3.8) is 0 Å². The molecule has 2 heterocycles. The van der Waals surface area contributed by atoms with Gasteiger partial charge in [0.2, 0.25) is 5.95 Å². The summed E-state index contributed by atoms with van der Waals surface area (Å²) in [4.78, 5) is 10.0. The molecule has 1 N–H and O–H groups in total. The van der Waals surface area contributed by atoms with Crippen molar-refractivity contribution in [2.75, 3.05) is 5.32 Å². The molecule has 0 aliphatic heterocycles. The summed E-state index contributed by atoms with van der Waals surface area (Å²) in [5, 5.41) is 13.1. The molecule has 2 aromatic heterocycles. The van der Waals surface area contributed by atoms with Gasteiger partial charge in [-0.15, -0.1) is 0 Å². The number of rotatable bonds is 4. The molecule has 0 unspecified atom stereocenters. The molecule has 6 heteroatoms. The first-order valence-corrected chi connectivity index (χ1v) is 8.99. The highest BCUT2D eigenvalue weighted by Gasteiger charge is 2.11. The number of nitrogens with one attached hydrogen (secondary N) is 1. The van der Waals surface area contributed by atoms with Crippen LogP contribution in [0.5, 0.6) is 0 Å². The van der Waals surface area contributed by atoms with Gasteiger partial charge in [0, 0.05) is 33.1 Å². The summed E-state index contributed by atoms with van der Waals surface area (Å²) in [5.41, 5.74) is 2.19. The molecule has 0 aliphatic rings. The lowest BCUT2D eigenvalue weighted by Gasteiger charge is -2.12. The van der Waals surface area contributed by atoms with E-state index in [1.54, 1.807) is 11.8 Å². The van der Waals surface area contributed by atoms with E-state index in [0.717, 1.165) is 15.5 Å². The smallest absolute Gasteiger partial charge is 0.213 e. The van der Waals surface area contributed by atoms with E-state index in [4.69, 9.17) is 0 Å². The monoisotopic (exact) mass is 372 g/mol. The average Bonchev–Trinajstić information content (AvgIpc) is 2.70. The molecule has 0 atom stereocenters. The number of hydrogen-bond donors (Lipinski definition) is 1. The van der Waals surface area contributed by atoms with Gasteiger partial charge in [0.1, 0.15) is 6.07 Å². The number of fused-ring (bicyclic) bond motifs is 1. The minimum atomic E-state index is -0.614. The molecule has 130 valence electrons. The lowest BCUT2D eigenvalue weighted by molar-refractivity contribution is 0.586. The minimum absolute atomic E-state index is 0.343. The Hall–Kier alpha value is -3.43. The average molecular weight is 372 g/mol. The van der Waals surface area contributed by atoms with Crippen molar-refractivity contribution < 1.29 is 4.39 Å². The normalized spacial score (nSPS) is 10.5. The number of nitrogens with zero attached hydrogens (tertiary/aromatic N) is 3. The fourth-order valence-corrected chi connectivity index (χ4v) is 3.50. The van der Waals surface area contributed by atoms with Crippen LogP contribution in [-0.2, 0) is 0 Å². The number of aromatic nitrogens is 2. The van der Waals surface area contributed by atoms with Crippen LogP contribution in [-0.4, -0.2) is 9.97 Å². The van der Waals surface area contributed by atoms with Crippen LogP contribution in [0.15, 0.2) is 82.8 Å². The SMILES string of the molecule is N#Cc1cnc2cnc(F)cc2c1Nc1ccc(Sc2ccccc2)cc1. The summed E-state index contributed by atoms with van der Waals surface area (Å²) < 4.78 is 13.6. The topological polar surface area (TPSA) is 61.6 Å². The Balaban J connectivity index is 1.64. The van der Waals surface area contributed by atoms with Crippen LogP contribution in [0.1, 0.15) is 5.56 Å². The Morgan fingerprint density at radius 1 is 0.926 bits per heavy atom. The molecular formula is C21H13FN4S. The standard InChI is InChI=1S/C21H13FN4S/c22-20-10-18-19(13-25-20)24-12-14(11-23)21(18)26-15-6-8-17(9-7-15)27-16-4-2-1-3-5-16/h1-10,12-13H,(H,24,26). The molecule has 0 spiro atoms. The molecule has 2 aromatic carbocycles. The third kappa shape index (κ3) is 3.73. The molecule has 0 bridgehead atoms. The zero-order valence-corrected chi connectivity index (χ0v) is 14.9. The Morgan fingerprint density at radius 2 is 1.67 bits per heavy atom. The van der Waals surface area contributed by atoms with E-state index >= 15 is 0 Å². The van der Waals surface area contributed by atoms with Crippen molar-refractivity contribution in [2.45, 2.75) is 9.79 Å².